The Morgan fingerprint density at radius 1 is 1.55 bits per heavy atom. The number of aliphatic hydroxyl groups is 1. The smallest absolute Gasteiger partial charge is 0.347 e. The summed E-state index contributed by atoms with van der Waals surface area (Å²) in [6.45, 7) is 2.35. The van der Waals surface area contributed by atoms with Gasteiger partial charge in [0.1, 0.15) is 6.54 Å². The van der Waals surface area contributed by atoms with Gasteiger partial charge in [0.2, 0.25) is 5.91 Å². The molecule has 1 saturated carbocycles. The van der Waals surface area contributed by atoms with Gasteiger partial charge in [-0.15, -0.1) is 0 Å². The second-order valence-electron chi connectivity index (χ2n) is 5.71. The van der Waals surface area contributed by atoms with E-state index in [4.69, 9.17) is 0 Å². The highest BCUT2D eigenvalue weighted by Crippen LogP contribution is 2.31. The Hall–Kier alpha value is -1.69. The summed E-state index contributed by atoms with van der Waals surface area (Å²) in [5, 5.41) is 13.1. The van der Waals surface area contributed by atoms with Gasteiger partial charge in [-0.2, -0.15) is 0 Å². The number of aromatic nitrogens is 2. The first-order valence-corrected chi connectivity index (χ1v) is 6.99. The molecule has 1 aromatic heterocycles. The number of nitrogens with one attached hydrogen (secondary N) is 1. The van der Waals surface area contributed by atoms with E-state index in [1.165, 1.54) is 17.0 Å². The summed E-state index contributed by atoms with van der Waals surface area (Å²) < 4.78 is 1.24. The van der Waals surface area contributed by atoms with Crippen LogP contribution in [0.3, 0.4) is 0 Å². The molecule has 1 aliphatic carbocycles. The van der Waals surface area contributed by atoms with Crippen LogP contribution < -0.4 is 11.0 Å². The lowest BCUT2D eigenvalue weighted by molar-refractivity contribution is -0.123. The minimum atomic E-state index is -0.804. The topological polar surface area (TPSA) is 84.2 Å². The van der Waals surface area contributed by atoms with E-state index in [-0.39, 0.29) is 19.0 Å². The van der Waals surface area contributed by atoms with E-state index in [0.29, 0.717) is 18.8 Å². The molecule has 0 radical (unpaired) electrons. The third kappa shape index (κ3) is 3.90. The molecule has 1 fully saturated rings. The van der Waals surface area contributed by atoms with Gasteiger partial charge in [-0.25, -0.2) is 9.78 Å². The average Bonchev–Trinajstić information content (AvgIpc) is 2.43. The van der Waals surface area contributed by atoms with Crippen molar-refractivity contribution in [2.75, 3.05) is 6.54 Å². The molecule has 6 heteroatoms. The molecule has 0 aromatic carbocycles. The number of hydrogen-bond acceptors (Lipinski definition) is 4. The fourth-order valence-electron chi connectivity index (χ4n) is 2.46. The fourth-order valence-corrected chi connectivity index (χ4v) is 2.46. The molecule has 0 saturated heterocycles. The van der Waals surface area contributed by atoms with Crippen molar-refractivity contribution >= 4 is 5.91 Å². The van der Waals surface area contributed by atoms with E-state index in [1.54, 1.807) is 6.07 Å². The maximum atomic E-state index is 11.8. The molecule has 1 aliphatic rings. The SMILES string of the molecule is CC1CCC(O)(CNC(=O)Cn2cccnc2=O)CC1. The molecule has 2 rings (SSSR count). The van der Waals surface area contributed by atoms with Crippen LogP contribution in [0.15, 0.2) is 23.3 Å². The molecule has 0 spiro atoms. The van der Waals surface area contributed by atoms with Crippen molar-refractivity contribution in [3.63, 3.8) is 0 Å². The van der Waals surface area contributed by atoms with Gasteiger partial charge < -0.3 is 10.4 Å². The average molecular weight is 279 g/mol. The summed E-state index contributed by atoms with van der Waals surface area (Å²) in [7, 11) is 0. The van der Waals surface area contributed by atoms with Crippen LogP contribution in [0.4, 0.5) is 0 Å². The highest BCUT2D eigenvalue weighted by molar-refractivity contribution is 5.75. The zero-order chi connectivity index (χ0) is 14.6. The number of amides is 1. The number of carbonyl (C=O) groups excluding carboxylic acids is 1. The number of carbonyl (C=O) groups is 1. The minimum Gasteiger partial charge on any atom is -0.388 e. The van der Waals surface area contributed by atoms with Gasteiger partial charge in [-0.05, 0) is 37.7 Å². The molecular formula is C14H21N3O3. The molecular weight excluding hydrogens is 258 g/mol. The molecule has 0 unspecified atom stereocenters. The van der Waals surface area contributed by atoms with Crippen LogP contribution in [0.5, 0.6) is 0 Å². The zero-order valence-corrected chi connectivity index (χ0v) is 11.7. The summed E-state index contributed by atoms with van der Waals surface area (Å²) >= 11 is 0. The van der Waals surface area contributed by atoms with Gasteiger partial charge in [0.15, 0.2) is 0 Å². The van der Waals surface area contributed by atoms with Gasteiger partial charge in [0.05, 0.1) is 5.60 Å². The standard InChI is InChI=1S/C14H21N3O3/c1-11-3-5-14(20,6-4-11)10-16-12(18)9-17-8-2-7-15-13(17)19/h2,7-8,11,20H,3-6,9-10H2,1H3,(H,16,18). The Balaban J connectivity index is 1.84. The molecule has 2 N–H and O–H groups in total. The summed E-state index contributed by atoms with van der Waals surface area (Å²) in [5.41, 5.74) is -1.25. The van der Waals surface area contributed by atoms with Gasteiger partial charge in [-0.3, -0.25) is 9.36 Å². The predicted molar refractivity (Wildman–Crippen MR) is 74.1 cm³/mol. The van der Waals surface area contributed by atoms with Gasteiger partial charge in [0, 0.05) is 18.9 Å². The van der Waals surface area contributed by atoms with Crippen LogP contribution in [0, 0.1) is 5.92 Å². The van der Waals surface area contributed by atoms with Crippen LogP contribution in [0.2, 0.25) is 0 Å². The second kappa shape index (κ2) is 6.17. The van der Waals surface area contributed by atoms with Crippen molar-refractivity contribution in [1.29, 1.82) is 0 Å². The maximum absolute atomic E-state index is 11.8. The summed E-state index contributed by atoms with van der Waals surface area (Å²) in [5.74, 6) is 0.354. The van der Waals surface area contributed by atoms with Crippen molar-refractivity contribution in [2.24, 2.45) is 5.92 Å². The molecule has 1 aromatic rings. The Morgan fingerprint density at radius 3 is 2.90 bits per heavy atom. The molecule has 0 aliphatic heterocycles. The van der Waals surface area contributed by atoms with Crippen molar-refractivity contribution in [2.45, 2.75) is 44.8 Å². The lowest BCUT2D eigenvalue weighted by Crippen LogP contribution is -2.46. The third-order valence-corrected chi connectivity index (χ3v) is 3.92. The number of nitrogens with zero attached hydrogens (tertiary/aromatic N) is 2. The highest BCUT2D eigenvalue weighted by atomic mass is 16.3. The predicted octanol–water partition coefficient (Wildman–Crippen LogP) is 0.301. The van der Waals surface area contributed by atoms with E-state index in [1.807, 2.05) is 0 Å². The van der Waals surface area contributed by atoms with E-state index in [9.17, 15) is 14.7 Å². The molecule has 20 heavy (non-hydrogen) atoms. The van der Waals surface area contributed by atoms with Gasteiger partial charge >= 0.3 is 5.69 Å². The van der Waals surface area contributed by atoms with Crippen LogP contribution >= 0.6 is 0 Å². The van der Waals surface area contributed by atoms with Crippen LogP contribution in [0.1, 0.15) is 32.6 Å². The summed E-state index contributed by atoms with van der Waals surface area (Å²) in [6, 6.07) is 1.60. The number of rotatable bonds is 4. The molecule has 0 bridgehead atoms. The monoisotopic (exact) mass is 279 g/mol. The van der Waals surface area contributed by atoms with E-state index < -0.39 is 11.3 Å². The first-order valence-electron chi connectivity index (χ1n) is 6.99. The largest absolute Gasteiger partial charge is 0.388 e. The maximum Gasteiger partial charge on any atom is 0.347 e. The zero-order valence-electron chi connectivity index (χ0n) is 11.7. The van der Waals surface area contributed by atoms with E-state index >= 15 is 0 Å². The third-order valence-electron chi connectivity index (χ3n) is 3.92. The Kier molecular flexibility index (Phi) is 4.54. The van der Waals surface area contributed by atoms with Crippen molar-refractivity contribution < 1.29 is 9.90 Å². The van der Waals surface area contributed by atoms with Crippen LogP contribution in [-0.4, -0.2) is 32.7 Å². The molecule has 6 nitrogen and oxygen atoms in total. The van der Waals surface area contributed by atoms with Crippen LogP contribution in [0.25, 0.3) is 0 Å². The Morgan fingerprint density at radius 2 is 2.25 bits per heavy atom. The minimum absolute atomic E-state index is 0.0703. The first kappa shape index (κ1) is 14.7. The quantitative estimate of drug-likeness (QED) is 0.830. The van der Waals surface area contributed by atoms with Crippen molar-refractivity contribution in [3.05, 3.63) is 28.9 Å². The second-order valence-corrected chi connectivity index (χ2v) is 5.71. The lowest BCUT2D eigenvalue weighted by atomic mass is 9.79. The molecule has 1 amide bonds. The van der Waals surface area contributed by atoms with Crippen LogP contribution in [-0.2, 0) is 11.3 Å². The van der Waals surface area contributed by atoms with Crippen molar-refractivity contribution in [1.82, 2.24) is 14.9 Å². The van der Waals surface area contributed by atoms with E-state index in [0.717, 1.165) is 12.8 Å². The number of hydrogen-bond donors (Lipinski definition) is 2. The Labute approximate surface area is 117 Å². The normalized spacial score (nSPS) is 26.2. The summed E-state index contributed by atoms with van der Waals surface area (Å²) in [4.78, 5) is 26.8. The lowest BCUT2D eigenvalue weighted by Gasteiger charge is -2.34. The first-order chi connectivity index (χ1) is 9.48. The molecule has 1 heterocycles. The molecule has 0 atom stereocenters. The summed E-state index contributed by atoms with van der Waals surface area (Å²) in [6.07, 6.45) is 6.29. The highest BCUT2D eigenvalue weighted by Gasteiger charge is 2.31. The molecule has 110 valence electrons. The van der Waals surface area contributed by atoms with Crippen molar-refractivity contribution in [3.8, 4) is 0 Å². The van der Waals surface area contributed by atoms with E-state index in [2.05, 4.69) is 17.2 Å². The van der Waals surface area contributed by atoms with Gasteiger partial charge in [-0.1, -0.05) is 6.92 Å². The Bertz CT molecular complexity index is 518. The van der Waals surface area contributed by atoms with Gasteiger partial charge in [0.25, 0.3) is 0 Å². The fraction of sp³-hybridized carbons (Fsp3) is 0.643.